The maximum Gasteiger partial charge on any atom is 0.183 e. The Kier molecular flexibility index (Phi) is 6.31. The SMILES string of the molecule is CC(C)(C)c1cc(C(C)(C)C)c(O)c([Si](c2ccccc2)(c2ccccc2)c2ccccc2)c1. The minimum Gasteiger partial charge on any atom is -0.508 e. The van der Waals surface area contributed by atoms with Gasteiger partial charge < -0.3 is 5.11 Å². The minimum atomic E-state index is -2.81. The number of phenolic OH excluding ortho intramolecular Hbond substituents is 1. The van der Waals surface area contributed by atoms with E-state index in [-0.39, 0.29) is 10.8 Å². The summed E-state index contributed by atoms with van der Waals surface area (Å²) in [6.07, 6.45) is 0. The molecule has 0 saturated carbocycles. The molecule has 0 radical (unpaired) electrons. The van der Waals surface area contributed by atoms with Crippen molar-refractivity contribution in [2.24, 2.45) is 0 Å². The zero-order chi connectivity index (χ0) is 24.6. The lowest BCUT2D eigenvalue weighted by atomic mass is 9.80. The summed E-state index contributed by atoms with van der Waals surface area (Å²) < 4.78 is 0. The summed E-state index contributed by atoms with van der Waals surface area (Å²) in [6.45, 7) is 13.3. The van der Waals surface area contributed by atoms with Gasteiger partial charge in [-0.1, -0.05) is 145 Å². The first kappa shape index (κ1) is 24.0. The van der Waals surface area contributed by atoms with Crippen LogP contribution in [0.5, 0.6) is 5.75 Å². The third kappa shape index (κ3) is 4.23. The van der Waals surface area contributed by atoms with Gasteiger partial charge in [-0.05, 0) is 42.7 Å². The van der Waals surface area contributed by atoms with Crippen molar-refractivity contribution in [2.75, 3.05) is 0 Å². The van der Waals surface area contributed by atoms with Crippen LogP contribution in [0.2, 0.25) is 0 Å². The van der Waals surface area contributed by atoms with Gasteiger partial charge in [-0.3, -0.25) is 0 Å². The lowest BCUT2D eigenvalue weighted by molar-refractivity contribution is 0.448. The summed E-state index contributed by atoms with van der Waals surface area (Å²) in [5.41, 5.74) is 2.02. The molecule has 0 aliphatic carbocycles. The van der Waals surface area contributed by atoms with E-state index in [1.54, 1.807) is 0 Å². The normalized spacial score (nSPS) is 12.5. The summed E-state index contributed by atoms with van der Waals surface area (Å²) in [7, 11) is -2.81. The molecule has 0 bridgehead atoms. The number of aromatic hydroxyl groups is 1. The second kappa shape index (κ2) is 8.92. The van der Waals surface area contributed by atoms with Crippen molar-refractivity contribution < 1.29 is 5.11 Å². The molecular formula is C32H36OSi. The van der Waals surface area contributed by atoms with Gasteiger partial charge in [0.1, 0.15) is 5.75 Å². The molecule has 4 aromatic rings. The molecular weight excluding hydrogens is 428 g/mol. The molecule has 0 heterocycles. The van der Waals surface area contributed by atoms with E-state index in [9.17, 15) is 5.11 Å². The largest absolute Gasteiger partial charge is 0.508 e. The molecule has 4 aromatic carbocycles. The molecule has 1 N–H and O–H groups in total. The quantitative estimate of drug-likeness (QED) is 0.318. The van der Waals surface area contributed by atoms with Crippen molar-refractivity contribution in [3.63, 3.8) is 0 Å². The van der Waals surface area contributed by atoms with Crippen molar-refractivity contribution in [1.29, 1.82) is 0 Å². The Bertz CT molecular complexity index is 1150. The lowest BCUT2D eigenvalue weighted by Gasteiger charge is -2.37. The van der Waals surface area contributed by atoms with Gasteiger partial charge in [0.25, 0.3) is 0 Å². The zero-order valence-electron chi connectivity index (χ0n) is 21.3. The highest BCUT2D eigenvalue weighted by Gasteiger charge is 2.44. The second-order valence-electron chi connectivity index (χ2n) is 11.3. The standard InChI is InChI=1S/C32H36OSi/c1-31(2,3)24-22-28(32(4,5)6)30(33)29(23-24)34(25-16-10-7-11-17-25,26-18-12-8-13-19-26)27-20-14-9-15-21-27/h7-23,33H,1-6H3. The topological polar surface area (TPSA) is 20.2 Å². The van der Waals surface area contributed by atoms with Gasteiger partial charge in [0, 0.05) is 0 Å². The van der Waals surface area contributed by atoms with E-state index in [4.69, 9.17) is 0 Å². The number of hydrogen-bond donors (Lipinski definition) is 1. The predicted molar refractivity (Wildman–Crippen MR) is 149 cm³/mol. The van der Waals surface area contributed by atoms with Crippen LogP contribution in [0.25, 0.3) is 0 Å². The van der Waals surface area contributed by atoms with Crippen molar-refractivity contribution >= 4 is 28.8 Å². The monoisotopic (exact) mass is 464 g/mol. The average Bonchev–Trinajstić information content (AvgIpc) is 2.81. The molecule has 0 fully saturated rings. The van der Waals surface area contributed by atoms with E-state index in [1.807, 2.05) is 0 Å². The molecule has 0 aliphatic heterocycles. The maximum absolute atomic E-state index is 12.1. The van der Waals surface area contributed by atoms with Crippen LogP contribution in [0.4, 0.5) is 0 Å². The van der Waals surface area contributed by atoms with Crippen molar-refractivity contribution in [1.82, 2.24) is 0 Å². The van der Waals surface area contributed by atoms with Gasteiger partial charge in [0.05, 0.1) is 0 Å². The fourth-order valence-electron chi connectivity index (χ4n) is 4.96. The number of benzene rings is 4. The molecule has 0 aliphatic rings. The second-order valence-corrected chi connectivity index (χ2v) is 15.0. The first-order chi connectivity index (χ1) is 16.1. The highest BCUT2D eigenvalue weighted by atomic mass is 28.3. The number of rotatable bonds is 4. The Morgan fingerprint density at radius 2 is 0.912 bits per heavy atom. The molecule has 0 atom stereocenters. The predicted octanol–water partition coefficient (Wildman–Crippen LogP) is 5.36. The highest BCUT2D eigenvalue weighted by molar-refractivity contribution is 7.20. The van der Waals surface area contributed by atoms with Crippen molar-refractivity contribution in [3.05, 3.63) is 114 Å². The summed E-state index contributed by atoms with van der Waals surface area (Å²) in [4.78, 5) is 0. The van der Waals surface area contributed by atoms with Gasteiger partial charge >= 0.3 is 0 Å². The summed E-state index contributed by atoms with van der Waals surface area (Å²) in [5.74, 6) is 0.434. The van der Waals surface area contributed by atoms with E-state index in [0.717, 1.165) is 10.8 Å². The molecule has 34 heavy (non-hydrogen) atoms. The van der Waals surface area contributed by atoms with Crippen LogP contribution < -0.4 is 20.7 Å². The van der Waals surface area contributed by atoms with E-state index < -0.39 is 8.07 Å². The van der Waals surface area contributed by atoms with E-state index in [1.165, 1.54) is 21.1 Å². The Hall–Kier alpha value is -3.10. The third-order valence-corrected chi connectivity index (χ3v) is 11.6. The molecule has 174 valence electrons. The number of phenols is 1. The first-order valence-electron chi connectivity index (χ1n) is 12.1. The molecule has 0 unspecified atom stereocenters. The number of hydrogen-bond acceptors (Lipinski definition) is 1. The molecule has 0 aromatic heterocycles. The summed E-state index contributed by atoms with van der Waals surface area (Å²) in [5, 5.41) is 16.9. The van der Waals surface area contributed by atoms with Crippen LogP contribution in [0, 0.1) is 0 Å². The van der Waals surface area contributed by atoms with Gasteiger partial charge in [-0.2, -0.15) is 0 Å². The van der Waals surface area contributed by atoms with Gasteiger partial charge in [0.2, 0.25) is 0 Å². The summed E-state index contributed by atoms with van der Waals surface area (Å²) >= 11 is 0. The zero-order valence-corrected chi connectivity index (χ0v) is 22.3. The van der Waals surface area contributed by atoms with Crippen LogP contribution in [0.15, 0.2) is 103 Å². The van der Waals surface area contributed by atoms with Gasteiger partial charge in [-0.25, -0.2) is 0 Å². The fourth-order valence-corrected chi connectivity index (χ4v) is 9.83. The summed E-state index contributed by atoms with van der Waals surface area (Å²) in [6, 6.07) is 36.9. The Labute approximate surface area is 206 Å². The fraction of sp³-hybridized carbons (Fsp3) is 0.250. The first-order valence-corrected chi connectivity index (χ1v) is 14.1. The molecule has 4 rings (SSSR count). The molecule has 2 heteroatoms. The van der Waals surface area contributed by atoms with E-state index >= 15 is 0 Å². The lowest BCUT2D eigenvalue weighted by Crippen LogP contribution is -2.75. The Morgan fingerprint density at radius 1 is 0.529 bits per heavy atom. The van der Waals surface area contributed by atoms with Gasteiger partial charge in [-0.15, -0.1) is 0 Å². The molecule has 0 saturated heterocycles. The van der Waals surface area contributed by atoms with Crippen LogP contribution in [-0.4, -0.2) is 13.2 Å². The Balaban J connectivity index is 2.25. The van der Waals surface area contributed by atoms with E-state index in [2.05, 4.69) is 145 Å². The van der Waals surface area contributed by atoms with Crippen LogP contribution >= 0.6 is 0 Å². The maximum atomic E-state index is 12.1. The van der Waals surface area contributed by atoms with Gasteiger partial charge in [0.15, 0.2) is 8.07 Å². The van der Waals surface area contributed by atoms with Crippen LogP contribution in [0.1, 0.15) is 52.7 Å². The molecule has 0 amide bonds. The van der Waals surface area contributed by atoms with Crippen molar-refractivity contribution in [3.8, 4) is 5.75 Å². The third-order valence-electron chi connectivity index (χ3n) is 6.81. The smallest absolute Gasteiger partial charge is 0.183 e. The Morgan fingerprint density at radius 3 is 1.24 bits per heavy atom. The van der Waals surface area contributed by atoms with E-state index in [0.29, 0.717) is 5.75 Å². The molecule has 0 spiro atoms. The van der Waals surface area contributed by atoms with Crippen LogP contribution in [0.3, 0.4) is 0 Å². The van der Waals surface area contributed by atoms with Crippen LogP contribution in [-0.2, 0) is 10.8 Å². The average molecular weight is 465 g/mol. The molecule has 1 nitrogen and oxygen atoms in total. The highest BCUT2D eigenvalue weighted by Crippen LogP contribution is 2.35. The minimum absolute atomic E-state index is 0.0490. The van der Waals surface area contributed by atoms with Crippen molar-refractivity contribution in [2.45, 2.75) is 52.4 Å².